The van der Waals surface area contributed by atoms with E-state index in [4.69, 9.17) is 0 Å². The summed E-state index contributed by atoms with van der Waals surface area (Å²) in [5.74, 6) is 0. The maximum atomic E-state index is 12.1. The van der Waals surface area contributed by atoms with Crippen LogP contribution in [0.4, 0.5) is 0 Å². The summed E-state index contributed by atoms with van der Waals surface area (Å²) in [5.41, 5.74) is -1.15. The molecule has 22 heavy (non-hydrogen) atoms. The molecule has 2 heterocycles. The molecule has 0 bridgehead atoms. The fourth-order valence-corrected chi connectivity index (χ4v) is 2.90. The van der Waals surface area contributed by atoms with Crippen molar-refractivity contribution in [3.05, 3.63) is 33.1 Å². The summed E-state index contributed by atoms with van der Waals surface area (Å²) in [5, 5.41) is 3.03. The number of fused-ring (bicyclic) bond motifs is 1. The van der Waals surface area contributed by atoms with Gasteiger partial charge >= 0.3 is 5.69 Å². The minimum Gasteiger partial charge on any atom is -0.316 e. The Bertz CT molecular complexity index is 900. The molecule has 120 valence electrons. The number of rotatable bonds is 6. The van der Waals surface area contributed by atoms with E-state index in [0.29, 0.717) is 6.54 Å². The second-order valence-corrected chi connectivity index (χ2v) is 6.38. The Morgan fingerprint density at radius 3 is 2.73 bits per heavy atom. The van der Waals surface area contributed by atoms with Crippen molar-refractivity contribution in [1.82, 2.24) is 24.6 Å². The third kappa shape index (κ3) is 3.24. The number of aromatic nitrogens is 3. The van der Waals surface area contributed by atoms with Gasteiger partial charge in [-0.25, -0.2) is 22.9 Å². The van der Waals surface area contributed by atoms with Crippen molar-refractivity contribution in [3.63, 3.8) is 0 Å². The highest BCUT2D eigenvalue weighted by molar-refractivity contribution is 7.89. The van der Waals surface area contributed by atoms with Gasteiger partial charge in [-0.05, 0) is 12.6 Å². The van der Waals surface area contributed by atoms with Gasteiger partial charge in [0.2, 0.25) is 10.0 Å². The van der Waals surface area contributed by atoms with E-state index < -0.39 is 21.3 Å². The van der Waals surface area contributed by atoms with Gasteiger partial charge < -0.3 is 5.32 Å². The molecule has 0 spiro atoms. The number of hydrogen-bond donors (Lipinski definition) is 3. The third-order valence-corrected chi connectivity index (χ3v) is 4.51. The first-order valence-corrected chi connectivity index (χ1v) is 8.14. The van der Waals surface area contributed by atoms with Gasteiger partial charge in [0.05, 0.1) is 5.39 Å². The highest BCUT2D eigenvalue weighted by atomic mass is 32.2. The second kappa shape index (κ2) is 6.38. The van der Waals surface area contributed by atoms with E-state index >= 15 is 0 Å². The van der Waals surface area contributed by atoms with E-state index in [0.717, 1.165) is 17.3 Å². The van der Waals surface area contributed by atoms with Gasteiger partial charge in [-0.1, -0.05) is 6.92 Å². The average molecular weight is 327 g/mol. The van der Waals surface area contributed by atoms with E-state index in [-0.39, 0.29) is 22.5 Å². The first-order valence-electron chi connectivity index (χ1n) is 6.66. The monoisotopic (exact) mass is 327 g/mol. The average Bonchev–Trinajstić information content (AvgIpc) is 2.49. The van der Waals surface area contributed by atoms with Gasteiger partial charge in [-0.2, -0.15) is 0 Å². The minimum absolute atomic E-state index is 0.0386. The fraction of sp³-hybridized carbons (Fsp3) is 0.417. The van der Waals surface area contributed by atoms with Gasteiger partial charge in [0.1, 0.15) is 10.5 Å². The Labute approximate surface area is 126 Å². The molecular formula is C12H17N5O4S. The lowest BCUT2D eigenvalue weighted by molar-refractivity contribution is 0.577. The summed E-state index contributed by atoms with van der Waals surface area (Å²) in [6.07, 6.45) is 1.12. The molecule has 0 aromatic carbocycles. The van der Waals surface area contributed by atoms with Crippen molar-refractivity contribution in [2.45, 2.75) is 11.8 Å². The SMILES string of the molecule is CCNCCNS(=O)(=O)c1cnc2c(c1)c(=O)[nH]c(=O)n2C. The van der Waals surface area contributed by atoms with Crippen LogP contribution in [0.3, 0.4) is 0 Å². The highest BCUT2D eigenvalue weighted by Gasteiger charge is 2.16. The molecule has 0 saturated carbocycles. The quantitative estimate of drug-likeness (QED) is 0.555. The number of hydrogen-bond acceptors (Lipinski definition) is 6. The molecule has 9 nitrogen and oxygen atoms in total. The number of likely N-dealkylation sites (N-methyl/N-ethyl adjacent to an activating group) is 1. The van der Waals surface area contributed by atoms with Crippen LogP contribution in [0.1, 0.15) is 6.92 Å². The van der Waals surface area contributed by atoms with Crippen molar-refractivity contribution >= 4 is 21.1 Å². The molecule has 0 radical (unpaired) electrons. The standard InChI is InChI=1S/C12H17N5O4S/c1-3-13-4-5-15-22(20,21)8-6-9-10(14-7-8)17(2)12(19)16-11(9)18/h6-7,13,15H,3-5H2,1-2H3,(H,16,18,19). The summed E-state index contributed by atoms with van der Waals surface area (Å²) in [4.78, 5) is 29.2. The van der Waals surface area contributed by atoms with Gasteiger partial charge in [0.15, 0.2) is 0 Å². The molecule has 2 aromatic heterocycles. The van der Waals surface area contributed by atoms with Crippen molar-refractivity contribution < 1.29 is 8.42 Å². The van der Waals surface area contributed by atoms with Gasteiger partial charge in [0.25, 0.3) is 5.56 Å². The van der Waals surface area contributed by atoms with Crippen LogP contribution in [0, 0.1) is 0 Å². The van der Waals surface area contributed by atoms with Crippen LogP contribution in [-0.4, -0.2) is 42.6 Å². The summed E-state index contributed by atoms with van der Waals surface area (Å²) in [6, 6.07) is 1.20. The predicted octanol–water partition coefficient (Wildman–Crippen LogP) is -1.49. The molecule has 0 aliphatic heterocycles. The molecular weight excluding hydrogens is 310 g/mol. The van der Waals surface area contributed by atoms with Crippen LogP contribution in [0.15, 0.2) is 26.7 Å². The van der Waals surface area contributed by atoms with E-state index in [1.807, 2.05) is 6.92 Å². The minimum atomic E-state index is -3.76. The zero-order valence-electron chi connectivity index (χ0n) is 12.2. The first-order chi connectivity index (χ1) is 10.4. The Balaban J connectivity index is 2.41. The van der Waals surface area contributed by atoms with Gasteiger partial charge in [-0.15, -0.1) is 0 Å². The van der Waals surface area contributed by atoms with Crippen molar-refractivity contribution in [1.29, 1.82) is 0 Å². The number of aryl methyl sites for hydroxylation is 1. The summed E-state index contributed by atoms with van der Waals surface area (Å²) < 4.78 is 27.8. The molecule has 2 rings (SSSR count). The number of aromatic amines is 1. The molecule has 0 amide bonds. The van der Waals surface area contributed by atoms with Crippen molar-refractivity contribution in [2.75, 3.05) is 19.6 Å². The van der Waals surface area contributed by atoms with Crippen LogP contribution < -0.4 is 21.3 Å². The Morgan fingerprint density at radius 2 is 2.05 bits per heavy atom. The Hall–Kier alpha value is -2.04. The van der Waals surface area contributed by atoms with Crippen LogP contribution in [0.2, 0.25) is 0 Å². The van der Waals surface area contributed by atoms with Crippen LogP contribution in [0.5, 0.6) is 0 Å². The zero-order valence-corrected chi connectivity index (χ0v) is 13.0. The second-order valence-electron chi connectivity index (χ2n) is 4.61. The fourth-order valence-electron chi connectivity index (χ4n) is 1.90. The van der Waals surface area contributed by atoms with Gasteiger partial charge in [0, 0.05) is 26.3 Å². The van der Waals surface area contributed by atoms with E-state index in [9.17, 15) is 18.0 Å². The predicted molar refractivity (Wildman–Crippen MR) is 81.3 cm³/mol. The third-order valence-electron chi connectivity index (χ3n) is 3.08. The summed E-state index contributed by atoms with van der Waals surface area (Å²) >= 11 is 0. The maximum Gasteiger partial charge on any atom is 0.329 e. The molecule has 0 aliphatic carbocycles. The largest absolute Gasteiger partial charge is 0.329 e. The number of H-pyrrole nitrogens is 1. The van der Waals surface area contributed by atoms with E-state index in [1.54, 1.807) is 0 Å². The van der Waals surface area contributed by atoms with Crippen molar-refractivity contribution in [2.24, 2.45) is 7.05 Å². The molecule has 10 heteroatoms. The molecule has 0 atom stereocenters. The first kappa shape index (κ1) is 16.3. The lowest BCUT2D eigenvalue weighted by Crippen LogP contribution is -2.32. The lowest BCUT2D eigenvalue weighted by atomic mass is 10.3. The molecule has 0 fully saturated rings. The maximum absolute atomic E-state index is 12.1. The van der Waals surface area contributed by atoms with Gasteiger partial charge in [-0.3, -0.25) is 14.3 Å². The van der Waals surface area contributed by atoms with Crippen LogP contribution in [-0.2, 0) is 17.1 Å². The molecule has 0 unspecified atom stereocenters. The molecule has 0 saturated heterocycles. The number of pyridine rings is 1. The zero-order chi connectivity index (χ0) is 16.3. The smallest absolute Gasteiger partial charge is 0.316 e. The molecule has 3 N–H and O–H groups in total. The Morgan fingerprint density at radius 1 is 1.32 bits per heavy atom. The lowest BCUT2D eigenvalue weighted by Gasteiger charge is -2.08. The Kier molecular flexibility index (Phi) is 4.74. The normalized spacial score (nSPS) is 11.9. The van der Waals surface area contributed by atoms with Crippen LogP contribution in [0.25, 0.3) is 11.0 Å². The van der Waals surface area contributed by atoms with E-state index in [2.05, 4.69) is 20.0 Å². The van der Waals surface area contributed by atoms with E-state index in [1.165, 1.54) is 13.1 Å². The topological polar surface area (TPSA) is 126 Å². The number of nitrogens with zero attached hydrogens (tertiary/aromatic N) is 2. The highest BCUT2D eigenvalue weighted by Crippen LogP contribution is 2.11. The summed E-state index contributed by atoms with van der Waals surface area (Å²) in [7, 11) is -2.32. The molecule has 0 aliphatic rings. The van der Waals surface area contributed by atoms with Crippen molar-refractivity contribution in [3.8, 4) is 0 Å². The molecule has 2 aromatic rings. The van der Waals surface area contributed by atoms with Crippen LogP contribution >= 0.6 is 0 Å². The summed E-state index contributed by atoms with van der Waals surface area (Å²) in [6.45, 7) is 3.37. The number of nitrogens with one attached hydrogen (secondary N) is 3. The number of sulfonamides is 1.